The monoisotopic (exact) mass is 280 g/mol. The molecule has 2 N–H and O–H groups in total. The molecule has 20 heavy (non-hydrogen) atoms. The van der Waals surface area contributed by atoms with Crippen molar-refractivity contribution < 1.29 is 4.79 Å². The third-order valence-electron chi connectivity index (χ3n) is 5.17. The van der Waals surface area contributed by atoms with Crippen LogP contribution >= 0.6 is 0 Å². The maximum atomic E-state index is 12.6. The van der Waals surface area contributed by atoms with Crippen molar-refractivity contribution in [3.8, 4) is 0 Å². The quantitative estimate of drug-likeness (QED) is 0.859. The minimum atomic E-state index is 0.184. The van der Waals surface area contributed by atoms with Gasteiger partial charge in [0.2, 0.25) is 5.91 Å². The van der Waals surface area contributed by atoms with Gasteiger partial charge in [0, 0.05) is 25.0 Å². The Balaban J connectivity index is 1.79. The van der Waals surface area contributed by atoms with E-state index in [9.17, 15) is 4.79 Å². The summed E-state index contributed by atoms with van der Waals surface area (Å²) in [4.78, 5) is 14.7. The number of nitrogens with zero attached hydrogens (tertiary/aromatic N) is 1. The van der Waals surface area contributed by atoms with E-state index in [4.69, 9.17) is 5.73 Å². The summed E-state index contributed by atoms with van der Waals surface area (Å²) in [7, 11) is 0. The molecule has 2 atom stereocenters. The van der Waals surface area contributed by atoms with Gasteiger partial charge in [-0.2, -0.15) is 0 Å². The summed E-state index contributed by atoms with van der Waals surface area (Å²) in [6.45, 7) is 6.16. The van der Waals surface area contributed by atoms with Crippen LogP contribution in [0.15, 0.2) is 0 Å². The molecule has 1 saturated heterocycles. The first-order chi connectivity index (χ1) is 9.60. The molecule has 0 spiro atoms. The van der Waals surface area contributed by atoms with Gasteiger partial charge in [0.05, 0.1) is 0 Å². The Bertz CT molecular complexity index is 300. The molecule has 3 nitrogen and oxygen atoms in total. The Morgan fingerprint density at radius 3 is 2.50 bits per heavy atom. The van der Waals surface area contributed by atoms with Gasteiger partial charge in [0.25, 0.3) is 0 Å². The number of carbonyl (C=O) groups excluding carboxylic acids is 1. The van der Waals surface area contributed by atoms with Crippen LogP contribution in [0.2, 0.25) is 0 Å². The SMILES string of the molecule is CCCCC1CCC(C(=O)N2CC(C)CC(N)C2)CC1. The molecule has 1 amide bonds. The summed E-state index contributed by atoms with van der Waals surface area (Å²) in [6, 6.07) is 0.184. The first-order valence-electron chi connectivity index (χ1n) is 8.64. The minimum absolute atomic E-state index is 0.184. The van der Waals surface area contributed by atoms with E-state index in [0.717, 1.165) is 38.3 Å². The standard InChI is InChI=1S/C17H32N2O/c1-3-4-5-14-6-8-15(9-7-14)17(20)19-11-13(2)10-16(18)12-19/h13-16H,3-12,18H2,1-2H3. The topological polar surface area (TPSA) is 46.3 Å². The van der Waals surface area contributed by atoms with Gasteiger partial charge in [-0.15, -0.1) is 0 Å². The molecule has 2 rings (SSSR count). The third-order valence-corrected chi connectivity index (χ3v) is 5.17. The highest BCUT2D eigenvalue weighted by molar-refractivity contribution is 5.79. The van der Waals surface area contributed by atoms with E-state index in [2.05, 4.69) is 18.7 Å². The molecule has 0 aromatic heterocycles. The summed E-state index contributed by atoms with van der Waals surface area (Å²) in [5, 5.41) is 0. The number of unbranched alkanes of at least 4 members (excludes halogenated alkanes) is 1. The van der Waals surface area contributed by atoms with Crippen LogP contribution in [0.25, 0.3) is 0 Å². The zero-order valence-corrected chi connectivity index (χ0v) is 13.3. The zero-order valence-electron chi connectivity index (χ0n) is 13.3. The lowest BCUT2D eigenvalue weighted by atomic mass is 9.79. The van der Waals surface area contributed by atoms with Crippen molar-refractivity contribution in [2.75, 3.05) is 13.1 Å². The fourth-order valence-electron chi connectivity index (χ4n) is 4.03. The van der Waals surface area contributed by atoms with Crippen molar-refractivity contribution in [3.05, 3.63) is 0 Å². The van der Waals surface area contributed by atoms with Crippen molar-refractivity contribution in [3.63, 3.8) is 0 Å². The zero-order chi connectivity index (χ0) is 14.5. The van der Waals surface area contributed by atoms with Crippen LogP contribution in [0.3, 0.4) is 0 Å². The van der Waals surface area contributed by atoms with Gasteiger partial charge in [0.15, 0.2) is 0 Å². The molecule has 3 heteroatoms. The van der Waals surface area contributed by atoms with Crippen LogP contribution in [0.1, 0.15) is 65.2 Å². The normalized spacial score (nSPS) is 35.0. The molecule has 0 aromatic carbocycles. The van der Waals surface area contributed by atoms with Gasteiger partial charge in [0.1, 0.15) is 0 Å². The van der Waals surface area contributed by atoms with Crippen LogP contribution in [-0.2, 0) is 4.79 Å². The average molecular weight is 280 g/mol. The lowest BCUT2D eigenvalue weighted by Crippen LogP contribution is -2.50. The van der Waals surface area contributed by atoms with E-state index in [0.29, 0.717) is 11.8 Å². The number of rotatable bonds is 4. The van der Waals surface area contributed by atoms with Crippen molar-refractivity contribution in [2.24, 2.45) is 23.5 Å². The van der Waals surface area contributed by atoms with E-state index in [-0.39, 0.29) is 12.0 Å². The predicted octanol–water partition coefficient (Wildman–Crippen LogP) is 3.18. The Hall–Kier alpha value is -0.570. The van der Waals surface area contributed by atoms with Crippen LogP contribution in [0.4, 0.5) is 0 Å². The summed E-state index contributed by atoms with van der Waals surface area (Å²) in [5.41, 5.74) is 6.07. The molecular weight excluding hydrogens is 248 g/mol. The number of carbonyl (C=O) groups is 1. The number of likely N-dealkylation sites (tertiary alicyclic amines) is 1. The van der Waals surface area contributed by atoms with Gasteiger partial charge in [-0.3, -0.25) is 4.79 Å². The molecule has 2 unspecified atom stereocenters. The molecule has 0 aromatic rings. The molecule has 0 radical (unpaired) electrons. The molecule has 2 aliphatic rings. The van der Waals surface area contributed by atoms with E-state index in [1.165, 1.54) is 32.1 Å². The number of hydrogen-bond acceptors (Lipinski definition) is 2. The summed E-state index contributed by atoms with van der Waals surface area (Å²) in [6.07, 6.45) is 9.79. The van der Waals surface area contributed by atoms with E-state index in [1.807, 2.05) is 0 Å². The Labute approximate surface area is 124 Å². The first kappa shape index (κ1) is 15.8. The molecule has 1 saturated carbocycles. The molecule has 1 aliphatic heterocycles. The van der Waals surface area contributed by atoms with Gasteiger partial charge in [-0.25, -0.2) is 0 Å². The number of amides is 1. The van der Waals surface area contributed by atoms with Crippen LogP contribution in [0, 0.1) is 17.8 Å². The highest BCUT2D eigenvalue weighted by atomic mass is 16.2. The first-order valence-corrected chi connectivity index (χ1v) is 8.64. The van der Waals surface area contributed by atoms with Gasteiger partial charge in [-0.1, -0.05) is 33.1 Å². The molecule has 1 aliphatic carbocycles. The van der Waals surface area contributed by atoms with Gasteiger partial charge in [-0.05, 0) is 43.9 Å². The fourth-order valence-corrected chi connectivity index (χ4v) is 4.03. The summed E-state index contributed by atoms with van der Waals surface area (Å²) < 4.78 is 0. The van der Waals surface area contributed by atoms with Crippen LogP contribution in [0.5, 0.6) is 0 Å². The second-order valence-corrected chi connectivity index (χ2v) is 7.20. The maximum absolute atomic E-state index is 12.6. The fraction of sp³-hybridized carbons (Fsp3) is 0.941. The second-order valence-electron chi connectivity index (χ2n) is 7.20. The van der Waals surface area contributed by atoms with Gasteiger partial charge >= 0.3 is 0 Å². The Morgan fingerprint density at radius 2 is 1.90 bits per heavy atom. The maximum Gasteiger partial charge on any atom is 0.225 e. The van der Waals surface area contributed by atoms with Crippen LogP contribution in [-0.4, -0.2) is 29.9 Å². The van der Waals surface area contributed by atoms with Crippen LogP contribution < -0.4 is 5.73 Å². The largest absolute Gasteiger partial charge is 0.341 e. The number of nitrogens with two attached hydrogens (primary N) is 1. The Morgan fingerprint density at radius 1 is 1.20 bits per heavy atom. The second kappa shape index (κ2) is 7.44. The average Bonchev–Trinajstić information content (AvgIpc) is 2.44. The molecule has 2 fully saturated rings. The number of piperidine rings is 1. The minimum Gasteiger partial charge on any atom is -0.341 e. The van der Waals surface area contributed by atoms with Crippen molar-refractivity contribution >= 4 is 5.91 Å². The molecule has 116 valence electrons. The third kappa shape index (κ3) is 4.21. The van der Waals surface area contributed by atoms with Crippen molar-refractivity contribution in [1.82, 2.24) is 4.90 Å². The molecule has 0 bridgehead atoms. The van der Waals surface area contributed by atoms with E-state index >= 15 is 0 Å². The lowest BCUT2D eigenvalue weighted by molar-refractivity contribution is -0.139. The summed E-state index contributed by atoms with van der Waals surface area (Å²) >= 11 is 0. The van der Waals surface area contributed by atoms with Gasteiger partial charge < -0.3 is 10.6 Å². The smallest absolute Gasteiger partial charge is 0.225 e. The summed E-state index contributed by atoms with van der Waals surface area (Å²) in [5.74, 6) is 2.11. The highest BCUT2D eigenvalue weighted by Crippen LogP contribution is 2.33. The van der Waals surface area contributed by atoms with E-state index < -0.39 is 0 Å². The lowest BCUT2D eigenvalue weighted by Gasteiger charge is -2.38. The Kier molecular flexibility index (Phi) is 5.88. The molecular formula is C17H32N2O. The van der Waals surface area contributed by atoms with E-state index in [1.54, 1.807) is 0 Å². The number of hydrogen-bond donors (Lipinski definition) is 1. The predicted molar refractivity (Wildman–Crippen MR) is 83.3 cm³/mol. The highest BCUT2D eigenvalue weighted by Gasteiger charge is 2.32. The van der Waals surface area contributed by atoms with Crippen molar-refractivity contribution in [2.45, 2.75) is 71.3 Å². The molecule has 1 heterocycles. The van der Waals surface area contributed by atoms with Crippen molar-refractivity contribution in [1.29, 1.82) is 0 Å².